The highest BCUT2D eigenvalue weighted by Crippen LogP contribution is 2.23. The first-order chi connectivity index (χ1) is 11.2. The summed E-state index contributed by atoms with van der Waals surface area (Å²) in [5, 5.41) is 4.88. The number of benzene rings is 1. The van der Waals surface area contributed by atoms with Crippen molar-refractivity contribution in [2.75, 3.05) is 13.2 Å². The van der Waals surface area contributed by atoms with E-state index in [4.69, 9.17) is 4.74 Å². The molecule has 0 bridgehead atoms. The monoisotopic (exact) mass is 331 g/mol. The van der Waals surface area contributed by atoms with Crippen LogP contribution in [0, 0.1) is 5.82 Å². The van der Waals surface area contributed by atoms with Crippen molar-refractivity contribution < 1.29 is 13.9 Å². The van der Waals surface area contributed by atoms with E-state index < -0.39 is 0 Å². The molecule has 1 aliphatic rings. The Bertz CT molecular complexity index is 674. The third-order valence-corrected chi connectivity index (χ3v) is 4.63. The molecule has 120 valence electrons. The molecule has 0 spiro atoms. The molecule has 1 saturated heterocycles. The minimum atomic E-state index is -0.289. The van der Waals surface area contributed by atoms with Crippen LogP contribution in [0.25, 0.3) is 11.6 Å². The van der Waals surface area contributed by atoms with Crippen LogP contribution in [0.2, 0.25) is 0 Å². The van der Waals surface area contributed by atoms with E-state index >= 15 is 0 Å². The lowest BCUT2D eigenvalue weighted by molar-refractivity contribution is -0.116. The molecular formula is C18H18FNO2S. The van der Waals surface area contributed by atoms with E-state index in [1.165, 1.54) is 23.5 Å². The Balaban J connectivity index is 1.77. The normalized spacial score (nSPS) is 18.1. The van der Waals surface area contributed by atoms with Crippen molar-refractivity contribution in [2.24, 2.45) is 0 Å². The first kappa shape index (κ1) is 15.9. The second-order valence-electron chi connectivity index (χ2n) is 5.43. The number of ether oxygens (including phenoxy) is 1. The average Bonchev–Trinajstić information content (AvgIpc) is 3.25. The van der Waals surface area contributed by atoms with Gasteiger partial charge in [0.25, 0.3) is 5.91 Å². The van der Waals surface area contributed by atoms with E-state index in [0.29, 0.717) is 12.1 Å². The third-order valence-electron chi connectivity index (χ3n) is 3.73. The summed E-state index contributed by atoms with van der Waals surface area (Å²) in [4.78, 5) is 13.5. The van der Waals surface area contributed by atoms with E-state index in [1.807, 2.05) is 17.5 Å². The second-order valence-corrected chi connectivity index (χ2v) is 6.38. The van der Waals surface area contributed by atoms with Gasteiger partial charge in [0.2, 0.25) is 0 Å². The third kappa shape index (κ3) is 4.27. The lowest BCUT2D eigenvalue weighted by atomic mass is 10.1. The lowest BCUT2D eigenvalue weighted by Crippen LogP contribution is -2.32. The largest absolute Gasteiger partial charge is 0.376 e. The maximum Gasteiger partial charge on any atom is 0.252 e. The number of amides is 1. The summed E-state index contributed by atoms with van der Waals surface area (Å²) in [6.45, 7) is 1.29. The Morgan fingerprint density at radius 3 is 2.83 bits per heavy atom. The molecule has 0 aliphatic carbocycles. The van der Waals surface area contributed by atoms with Crippen molar-refractivity contribution in [2.45, 2.75) is 18.9 Å². The van der Waals surface area contributed by atoms with Gasteiger partial charge >= 0.3 is 0 Å². The zero-order valence-electron chi connectivity index (χ0n) is 12.6. The molecule has 0 radical (unpaired) electrons. The van der Waals surface area contributed by atoms with Crippen LogP contribution in [-0.4, -0.2) is 25.2 Å². The summed E-state index contributed by atoms with van der Waals surface area (Å²) in [7, 11) is 0. The molecule has 1 aromatic carbocycles. The number of carbonyl (C=O) groups is 1. The highest BCUT2D eigenvalue weighted by molar-refractivity contribution is 7.11. The SMILES string of the molecule is O=C(NCC1CCCO1)/C(=C/c1ccc(F)cc1)c1cccs1. The molecule has 1 aliphatic heterocycles. The molecule has 2 heterocycles. The van der Waals surface area contributed by atoms with Crippen LogP contribution in [0.5, 0.6) is 0 Å². The zero-order valence-corrected chi connectivity index (χ0v) is 13.4. The number of hydrogen-bond donors (Lipinski definition) is 1. The number of thiophene rings is 1. The number of carbonyl (C=O) groups excluding carboxylic acids is 1. The van der Waals surface area contributed by atoms with Crippen LogP contribution in [0.4, 0.5) is 4.39 Å². The molecule has 0 saturated carbocycles. The van der Waals surface area contributed by atoms with Gasteiger partial charge in [-0.2, -0.15) is 0 Å². The Labute approximate surface area is 138 Å². The standard InChI is InChI=1S/C18H18FNO2S/c19-14-7-5-13(6-8-14)11-16(17-4-2-10-23-17)18(21)20-12-15-3-1-9-22-15/h2,4-8,10-11,15H,1,3,9,12H2,(H,20,21)/b16-11+. The van der Waals surface area contributed by atoms with Gasteiger partial charge in [0, 0.05) is 18.0 Å². The predicted molar refractivity (Wildman–Crippen MR) is 90.6 cm³/mol. The van der Waals surface area contributed by atoms with Gasteiger partial charge in [-0.25, -0.2) is 4.39 Å². The van der Waals surface area contributed by atoms with Crippen molar-refractivity contribution in [3.05, 3.63) is 58.0 Å². The summed E-state index contributed by atoms with van der Waals surface area (Å²) in [6.07, 6.45) is 3.92. The molecule has 2 aromatic rings. The van der Waals surface area contributed by atoms with Gasteiger partial charge < -0.3 is 10.1 Å². The summed E-state index contributed by atoms with van der Waals surface area (Å²) >= 11 is 1.51. The molecule has 23 heavy (non-hydrogen) atoms. The average molecular weight is 331 g/mol. The van der Waals surface area contributed by atoms with Crippen LogP contribution >= 0.6 is 11.3 Å². The first-order valence-corrected chi connectivity index (χ1v) is 8.51. The fraction of sp³-hybridized carbons (Fsp3) is 0.278. The summed E-state index contributed by atoms with van der Waals surface area (Å²) in [6, 6.07) is 9.93. The lowest BCUT2D eigenvalue weighted by Gasteiger charge is -2.12. The van der Waals surface area contributed by atoms with Crippen molar-refractivity contribution in [1.82, 2.24) is 5.32 Å². The van der Waals surface area contributed by atoms with Gasteiger partial charge in [-0.3, -0.25) is 4.79 Å². The molecule has 3 nitrogen and oxygen atoms in total. The topological polar surface area (TPSA) is 38.3 Å². The van der Waals surface area contributed by atoms with Crippen molar-refractivity contribution in [3.8, 4) is 0 Å². The van der Waals surface area contributed by atoms with Crippen LogP contribution in [0.3, 0.4) is 0 Å². The zero-order chi connectivity index (χ0) is 16.1. The number of hydrogen-bond acceptors (Lipinski definition) is 3. The molecule has 1 atom stereocenters. The fourth-order valence-electron chi connectivity index (χ4n) is 2.51. The summed E-state index contributed by atoms with van der Waals surface area (Å²) in [5.74, 6) is -0.421. The summed E-state index contributed by atoms with van der Waals surface area (Å²) < 4.78 is 18.6. The predicted octanol–water partition coefficient (Wildman–Crippen LogP) is 3.72. The van der Waals surface area contributed by atoms with Crippen LogP contribution in [0.1, 0.15) is 23.3 Å². The first-order valence-electron chi connectivity index (χ1n) is 7.63. The maximum absolute atomic E-state index is 13.0. The van der Waals surface area contributed by atoms with Crippen LogP contribution < -0.4 is 5.32 Å². The molecule has 3 rings (SSSR count). The van der Waals surface area contributed by atoms with Crippen LogP contribution in [-0.2, 0) is 9.53 Å². The maximum atomic E-state index is 13.0. The second kappa shape index (κ2) is 7.53. The fourth-order valence-corrected chi connectivity index (χ4v) is 3.25. The van der Waals surface area contributed by atoms with Gasteiger partial charge in [0.05, 0.1) is 11.7 Å². The van der Waals surface area contributed by atoms with E-state index in [2.05, 4.69) is 5.32 Å². The van der Waals surface area contributed by atoms with Crippen molar-refractivity contribution in [3.63, 3.8) is 0 Å². The molecule has 1 N–H and O–H groups in total. The van der Waals surface area contributed by atoms with E-state index in [-0.39, 0.29) is 17.8 Å². The quantitative estimate of drug-likeness (QED) is 0.848. The van der Waals surface area contributed by atoms with E-state index in [0.717, 1.165) is 29.9 Å². The molecule has 1 aromatic heterocycles. The summed E-state index contributed by atoms with van der Waals surface area (Å²) in [5.41, 5.74) is 1.38. The smallest absolute Gasteiger partial charge is 0.252 e. The minimum absolute atomic E-state index is 0.106. The molecule has 5 heteroatoms. The van der Waals surface area contributed by atoms with Gasteiger partial charge in [-0.1, -0.05) is 18.2 Å². The number of rotatable bonds is 5. The number of nitrogens with one attached hydrogen (secondary N) is 1. The van der Waals surface area contributed by atoms with Gasteiger partial charge in [0.1, 0.15) is 5.82 Å². The molecule has 1 unspecified atom stereocenters. The van der Waals surface area contributed by atoms with Gasteiger partial charge in [-0.15, -0.1) is 11.3 Å². The molecule has 1 fully saturated rings. The van der Waals surface area contributed by atoms with E-state index in [9.17, 15) is 9.18 Å². The van der Waals surface area contributed by atoms with Gasteiger partial charge in [-0.05, 0) is 48.1 Å². The Kier molecular flexibility index (Phi) is 5.20. The van der Waals surface area contributed by atoms with Crippen molar-refractivity contribution in [1.29, 1.82) is 0 Å². The van der Waals surface area contributed by atoms with Crippen molar-refractivity contribution >= 4 is 28.9 Å². The highest BCUT2D eigenvalue weighted by atomic mass is 32.1. The van der Waals surface area contributed by atoms with Crippen LogP contribution in [0.15, 0.2) is 41.8 Å². The Morgan fingerprint density at radius 1 is 1.35 bits per heavy atom. The molecular weight excluding hydrogens is 313 g/mol. The number of halogens is 1. The Hall–Kier alpha value is -1.98. The van der Waals surface area contributed by atoms with Gasteiger partial charge in [0.15, 0.2) is 0 Å². The van der Waals surface area contributed by atoms with E-state index in [1.54, 1.807) is 18.2 Å². The minimum Gasteiger partial charge on any atom is -0.376 e. The highest BCUT2D eigenvalue weighted by Gasteiger charge is 2.18. The molecule has 1 amide bonds. The Morgan fingerprint density at radius 2 is 2.17 bits per heavy atom.